The van der Waals surface area contributed by atoms with Crippen molar-refractivity contribution in [3.05, 3.63) is 50.2 Å². The summed E-state index contributed by atoms with van der Waals surface area (Å²) in [6.45, 7) is 4.44. The fourth-order valence-electron chi connectivity index (χ4n) is 1.90. The minimum absolute atomic E-state index is 0. The third kappa shape index (κ3) is 110. The Hall–Kier alpha value is 0.903. The van der Waals surface area contributed by atoms with Gasteiger partial charge in [0.1, 0.15) is 0 Å². The van der Waals surface area contributed by atoms with Crippen LogP contribution in [0.4, 0.5) is 0 Å². The van der Waals surface area contributed by atoms with Crippen molar-refractivity contribution in [1.29, 1.82) is 0 Å². The molecule has 6 N–H and O–H groups in total. The van der Waals surface area contributed by atoms with E-state index in [1.54, 1.807) is 0 Å². The summed E-state index contributed by atoms with van der Waals surface area (Å²) in [5.74, 6) is 0. The molecule has 196 valence electrons. The summed E-state index contributed by atoms with van der Waals surface area (Å²) in [5, 5.41) is 0. The zero-order valence-electron chi connectivity index (χ0n) is 20.4. The molecule has 0 aliphatic carbocycles. The standard InChI is InChI=1S/2C8H17.C6H5.2H3O3PS.Zn/c2*1-3-5-7-8-6-4-2;1-2-4-6-5-3-1;2*1-4(2,3)5;/h2*1,3-8H2,2H3;1-5H;2*(H3,1,2,3,5);/q3*-1;;;. The zero-order valence-corrected chi connectivity index (χ0v) is 26.8. The van der Waals surface area contributed by atoms with E-state index in [9.17, 15) is 0 Å². The Balaban J connectivity index is -0.0000000997. The molecule has 0 spiro atoms. The van der Waals surface area contributed by atoms with E-state index in [4.69, 9.17) is 29.4 Å². The maximum atomic E-state index is 7.56. The Bertz CT molecular complexity index is 444. The van der Waals surface area contributed by atoms with Crippen LogP contribution in [-0.2, 0) is 43.1 Å². The molecule has 0 aliphatic heterocycles. The Morgan fingerprint density at radius 1 is 0.606 bits per heavy atom. The molecule has 0 saturated carbocycles. The van der Waals surface area contributed by atoms with Crippen LogP contribution >= 0.6 is 13.4 Å². The van der Waals surface area contributed by atoms with E-state index in [1.165, 1.54) is 64.2 Å². The predicted octanol–water partition coefficient (Wildman–Crippen LogP) is 6.22. The molecule has 0 amide bonds. The van der Waals surface area contributed by atoms with Gasteiger partial charge >= 0.3 is 13.4 Å². The molecule has 33 heavy (non-hydrogen) atoms. The van der Waals surface area contributed by atoms with Crippen molar-refractivity contribution in [3.8, 4) is 0 Å². The molecule has 0 radical (unpaired) electrons. The number of rotatable bonds is 10. The van der Waals surface area contributed by atoms with Crippen LogP contribution in [0, 0.1) is 19.9 Å². The second kappa shape index (κ2) is 35.1. The van der Waals surface area contributed by atoms with Crippen LogP contribution in [0.2, 0.25) is 0 Å². The van der Waals surface area contributed by atoms with Gasteiger partial charge in [-0.15, -0.1) is 0 Å². The Labute approximate surface area is 226 Å². The second-order valence-corrected chi connectivity index (χ2v) is 11.6. The molecule has 0 fully saturated rings. The molecule has 0 saturated heterocycles. The minimum atomic E-state index is -3.81. The minimum Gasteiger partial charge on any atom is -0.343 e. The molecule has 0 aliphatic rings. The normalized spacial score (nSPS) is 9.76. The summed E-state index contributed by atoms with van der Waals surface area (Å²) >= 11 is 7.21. The predicted molar refractivity (Wildman–Crippen MR) is 145 cm³/mol. The molecule has 1 aromatic carbocycles. The van der Waals surface area contributed by atoms with Gasteiger partial charge in [0.25, 0.3) is 0 Å². The molecular weight excluding hydrogens is 552 g/mol. The maximum Gasteiger partial charge on any atom is 0.319 e. The molecule has 1 aromatic rings. The molecule has 0 unspecified atom stereocenters. The number of unbranched alkanes of at least 4 members (excludes halogenated alkanes) is 10. The third-order valence-electron chi connectivity index (χ3n) is 3.31. The van der Waals surface area contributed by atoms with Crippen molar-refractivity contribution in [3.63, 3.8) is 0 Å². The van der Waals surface area contributed by atoms with Gasteiger partial charge in [0.05, 0.1) is 0 Å². The first kappa shape index (κ1) is 43.9. The van der Waals surface area contributed by atoms with Crippen LogP contribution < -0.4 is 0 Å². The summed E-state index contributed by atoms with van der Waals surface area (Å²) in [4.78, 5) is 45.3. The molecule has 11 heteroatoms. The van der Waals surface area contributed by atoms with Crippen LogP contribution in [0.25, 0.3) is 0 Å². The fourth-order valence-corrected chi connectivity index (χ4v) is 1.90. The van der Waals surface area contributed by atoms with Crippen molar-refractivity contribution in [2.24, 2.45) is 0 Å². The quantitative estimate of drug-likeness (QED) is 0.0815. The Morgan fingerprint density at radius 3 is 1.03 bits per heavy atom. The SMILES string of the molecule is OP(O)(O)=S.OP(O)(O)=S.[CH2-]CCCCCCC.[CH2-]CCCCCCC.[Zn].[c-]1ccccc1. The van der Waals surface area contributed by atoms with Gasteiger partial charge in [-0.2, -0.15) is 49.2 Å². The fraction of sp³-hybridized carbons (Fsp3) is 0.636. The van der Waals surface area contributed by atoms with Gasteiger partial charge in [0.2, 0.25) is 0 Å². The molecule has 6 nitrogen and oxygen atoms in total. The smallest absolute Gasteiger partial charge is 0.319 e. The van der Waals surface area contributed by atoms with Crippen LogP contribution in [0.15, 0.2) is 30.3 Å². The maximum absolute atomic E-state index is 7.56. The molecule has 0 bridgehead atoms. The van der Waals surface area contributed by atoms with E-state index in [0.29, 0.717) is 0 Å². The summed E-state index contributed by atoms with van der Waals surface area (Å²) in [5.41, 5.74) is 0. The van der Waals surface area contributed by atoms with E-state index in [-0.39, 0.29) is 19.5 Å². The van der Waals surface area contributed by atoms with Gasteiger partial charge in [0, 0.05) is 19.5 Å². The zero-order chi connectivity index (χ0) is 25.7. The first-order valence-electron chi connectivity index (χ1n) is 10.9. The van der Waals surface area contributed by atoms with Crippen molar-refractivity contribution in [2.45, 2.75) is 90.9 Å². The van der Waals surface area contributed by atoms with Gasteiger partial charge in [-0.05, 0) is 23.6 Å². The van der Waals surface area contributed by atoms with E-state index in [0.717, 1.165) is 12.8 Å². The first-order valence-corrected chi connectivity index (χ1v) is 16.2. The molecule has 0 heterocycles. The van der Waals surface area contributed by atoms with Gasteiger partial charge in [0.15, 0.2) is 0 Å². The molecule has 0 aromatic heterocycles. The van der Waals surface area contributed by atoms with Crippen LogP contribution in [0.5, 0.6) is 0 Å². The molecule has 0 atom stereocenters. The molecule has 1 rings (SSSR count). The summed E-state index contributed by atoms with van der Waals surface area (Å²) in [6, 6.07) is 12.5. The van der Waals surface area contributed by atoms with Crippen molar-refractivity contribution in [2.75, 3.05) is 0 Å². The summed E-state index contributed by atoms with van der Waals surface area (Å²) in [7, 11) is 0. The summed E-state index contributed by atoms with van der Waals surface area (Å²) in [6.07, 6.45) is 16.0. The number of benzene rings is 1. The van der Waals surface area contributed by atoms with Gasteiger partial charge in [-0.3, -0.25) is 0 Å². The second-order valence-electron chi connectivity index (χ2n) is 6.64. The topological polar surface area (TPSA) is 121 Å². The van der Waals surface area contributed by atoms with Crippen molar-refractivity contribution in [1.82, 2.24) is 0 Å². The average molecular weight is 597 g/mol. The third-order valence-corrected chi connectivity index (χ3v) is 3.31. The Morgan fingerprint density at radius 2 is 0.879 bits per heavy atom. The average Bonchev–Trinajstić information content (AvgIpc) is 2.69. The van der Waals surface area contributed by atoms with E-state index in [2.05, 4.69) is 57.4 Å². The first-order chi connectivity index (χ1) is 14.8. The van der Waals surface area contributed by atoms with E-state index >= 15 is 0 Å². The monoisotopic (exact) mass is 595 g/mol. The van der Waals surface area contributed by atoms with Crippen LogP contribution in [-0.4, -0.2) is 29.4 Å². The van der Waals surface area contributed by atoms with Crippen LogP contribution in [0.3, 0.4) is 0 Å². The Kier molecular flexibility index (Phi) is 46.7. The van der Waals surface area contributed by atoms with Gasteiger partial charge in [-0.25, -0.2) is 0 Å². The van der Waals surface area contributed by atoms with E-state index in [1.807, 2.05) is 30.3 Å². The number of hydrogen-bond acceptors (Lipinski definition) is 2. The van der Waals surface area contributed by atoms with Crippen molar-refractivity contribution >= 4 is 37.1 Å². The van der Waals surface area contributed by atoms with E-state index < -0.39 is 13.4 Å². The van der Waals surface area contributed by atoms with Gasteiger partial charge < -0.3 is 43.2 Å². The largest absolute Gasteiger partial charge is 0.343 e. The number of hydrogen-bond donors (Lipinski definition) is 6. The van der Waals surface area contributed by atoms with Gasteiger partial charge in [-0.1, -0.05) is 78.1 Å². The molecular formula is C22H45O6P2S2Zn-3. The van der Waals surface area contributed by atoms with Crippen LogP contribution in [0.1, 0.15) is 90.9 Å². The summed E-state index contributed by atoms with van der Waals surface area (Å²) < 4.78 is 0. The van der Waals surface area contributed by atoms with Crippen molar-refractivity contribution < 1.29 is 48.8 Å².